The first-order valence-corrected chi connectivity index (χ1v) is 7.92. The fraction of sp³-hybridized carbons (Fsp3) is 0.368. The van der Waals surface area contributed by atoms with Gasteiger partial charge in [-0.1, -0.05) is 31.2 Å². The maximum absolute atomic E-state index is 6.06. The monoisotopic (exact) mass is 299 g/mol. The van der Waals surface area contributed by atoms with Crippen molar-refractivity contribution < 1.29 is 9.47 Å². The standard InChI is InChI=1S/C19H25NO2/c1-4-16(22-17-10-8-9-15(3)13-17)14-20-18-11-6-7-12-19(18)21-5-2/h6-13,16,20H,4-5,14H2,1-3H3/t16-/m0/s1. The molecule has 0 radical (unpaired) electrons. The second-order valence-corrected chi connectivity index (χ2v) is 5.27. The highest BCUT2D eigenvalue weighted by molar-refractivity contribution is 5.56. The summed E-state index contributed by atoms with van der Waals surface area (Å²) in [6, 6.07) is 16.2. The summed E-state index contributed by atoms with van der Waals surface area (Å²) in [6.07, 6.45) is 1.06. The predicted molar refractivity (Wildman–Crippen MR) is 92.0 cm³/mol. The van der Waals surface area contributed by atoms with Crippen molar-refractivity contribution in [2.45, 2.75) is 33.3 Å². The lowest BCUT2D eigenvalue weighted by molar-refractivity contribution is 0.210. The lowest BCUT2D eigenvalue weighted by atomic mass is 10.2. The predicted octanol–water partition coefficient (Wildman–Crippen LogP) is 4.66. The molecule has 1 N–H and O–H groups in total. The summed E-state index contributed by atoms with van der Waals surface area (Å²) in [6.45, 7) is 7.61. The van der Waals surface area contributed by atoms with E-state index in [2.05, 4.69) is 31.3 Å². The Kier molecular flexibility index (Phi) is 6.13. The third-order valence-electron chi connectivity index (χ3n) is 3.45. The highest BCUT2D eigenvalue weighted by Crippen LogP contribution is 2.24. The van der Waals surface area contributed by atoms with Gasteiger partial charge >= 0.3 is 0 Å². The van der Waals surface area contributed by atoms with E-state index in [4.69, 9.17) is 9.47 Å². The number of hydrogen-bond acceptors (Lipinski definition) is 3. The Labute approximate surface area is 133 Å². The number of rotatable bonds is 8. The second kappa shape index (κ2) is 8.32. The van der Waals surface area contributed by atoms with Crippen LogP contribution in [0.2, 0.25) is 0 Å². The number of hydrogen-bond donors (Lipinski definition) is 1. The summed E-state index contributed by atoms with van der Waals surface area (Å²) < 4.78 is 11.7. The minimum absolute atomic E-state index is 0.122. The number of nitrogens with one attached hydrogen (secondary N) is 1. The molecule has 22 heavy (non-hydrogen) atoms. The van der Waals surface area contributed by atoms with E-state index >= 15 is 0 Å². The van der Waals surface area contributed by atoms with Crippen LogP contribution in [-0.2, 0) is 0 Å². The minimum atomic E-state index is 0.122. The van der Waals surface area contributed by atoms with E-state index in [9.17, 15) is 0 Å². The molecule has 2 rings (SSSR count). The number of aryl methyl sites for hydroxylation is 1. The van der Waals surface area contributed by atoms with Crippen LogP contribution < -0.4 is 14.8 Å². The lowest BCUT2D eigenvalue weighted by Gasteiger charge is -2.20. The van der Waals surface area contributed by atoms with Gasteiger partial charge in [-0.15, -0.1) is 0 Å². The first kappa shape index (κ1) is 16.2. The van der Waals surface area contributed by atoms with E-state index in [-0.39, 0.29) is 6.10 Å². The van der Waals surface area contributed by atoms with Gasteiger partial charge in [0.1, 0.15) is 17.6 Å². The number of para-hydroxylation sites is 2. The van der Waals surface area contributed by atoms with Gasteiger partial charge in [-0.25, -0.2) is 0 Å². The summed E-state index contributed by atoms with van der Waals surface area (Å²) in [5.74, 6) is 1.81. The lowest BCUT2D eigenvalue weighted by Crippen LogP contribution is -2.25. The molecule has 0 saturated carbocycles. The minimum Gasteiger partial charge on any atom is -0.492 e. The van der Waals surface area contributed by atoms with Gasteiger partial charge < -0.3 is 14.8 Å². The van der Waals surface area contributed by atoms with Gasteiger partial charge in [0.25, 0.3) is 0 Å². The quantitative estimate of drug-likeness (QED) is 0.768. The Balaban J connectivity index is 1.96. The zero-order chi connectivity index (χ0) is 15.8. The SMILES string of the molecule is CCOc1ccccc1NC[C@H](CC)Oc1cccc(C)c1. The van der Waals surface area contributed by atoms with E-state index in [1.54, 1.807) is 0 Å². The molecule has 0 heterocycles. The Hall–Kier alpha value is -2.16. The number of benzene rings is 2. The molecule has 118 valence electrons. The van der Waals surface area contributed by atoms with Crippen LogP contribution in [0.25, 0.3) is 0 Å². The van der Waals surface area contributed by atoms with Crippen LogP contribution in [0.5, 0.6) is 11.5 Å². The van der Waals surface area contributed by atoms with Crippen molar-refractivity contribution in [1.82, 2.24) is 0 Å². The van der Waals surface area contributed by atoms with Crippen LogP contribution in [0.1, 0.15) is 25.8 Å². The highest BCUT2D eigenvalue weighted by atomic mass is 16.5. The van der Waals surface area contributed by atoms with Crippen LogP contribution in [0.3, 0.4) is 0 Å². The molecule has 1 atom stereocenters. The van der Waals surface area contributed by atoms with Gasteiger partial charge in [-0.05, 0) is 50.1 Å². The van der Waals surface area contributed by atoms with Crippen molar-refractivity contribution in [2.75, 3.05) is 18.5 Å². The van der Waals surface area contributed by atoms with Gasteiger partial charge in [0.05, 0.1) is 18.8 Å². The Morgan fingerprint density at radius 3 is 2.59 bits per heavy atom. The van der Waals surface area contributed by atoms with Gasteiger partial charge in [0.15, 0.2) is 0 Å². The molecule has 2 aromatic rings. The number of anilines is 1. The van der Waals surface area contributed by atoms with Gasteiger partial charge in [-0.2, -0.15) is 0 Å². The van der Waals surface area contributed by atoms with Crippen molar-refractivity contribution in [3.05, 3.63) is 54.1 Å². The fourth-order valence-corrected chi connectivity index (χ4v) is 2.27. The zero-order valence-electron chi connectivity index (χ0n) is 13.6. The van der Waals surface area contributed by atoms with Gasteiger partial charge in [0, 0.05) is 0 Å². The Morgan fingerprint density at radius 1 is 1.05 bits per heavy atom. The normalized spacial score (nSPS) is 11.8. The average Bonchev–Trinajstić information content (AvgIpc) is 2.53. The second-order valence-electron chi connectivity index (χ2n) is 5.27. The van der Waals surface area contributed by atoms with E-state index in [0.29, 0.717) is 6.61 Å². The Bertz CT molecular complexity index is 583. The molecule has 0 saturated heterocycles. The molecule has 2 aromatic carbocycles. The van der Waals surface area contributed by atoms with Gasteiger partial charge in [-0.3, -0.25) is 0 Å². The fourth-order valence-electron chi connectivity index (χ4n) is 2.27. The first-order chi connectivity index (χ1) is 10.7. The van der Waals surface area contributed by atoms with E-state index in [0.717, 1.165) is 30.2 Å². The molecule has 0 unspecified atom stereocenters. The first-order valence-electron chi connectivity index (χ1n) is 7.92. The van der Waals surface area contributed by atoms with E-state index in [1.807, 2.05) is 43.3 Å². The van der Waals surface area contributed by atoms with Crippen LogP contribution in [0.15, 0.2) is 48.5 Å². The van der Waals surface area contributed by atoms with Crippen LogP contribution in [0.4, 0.5) is 5.69 Å². The molecular weight excluding hydrogens is 274 g/mol. The molecule has 0 aliphatic rings. The molecule has 0 aliphatic heterocycles. The highest BCUT2D eigenvalue weighted by Gasteiger charge is 2.10. The molecule has 0 fully saturated rings. The summed E-state index contributed by atoms with van der Waals surface area (Å²) >= 11 is 0. The van der Waals surface area contributed by atoms with Crippen molar-refractivity contribution >= 4 is 5.69 Å². The van der Waals surface area contributed by atoms with Crippen molar-refractivity contribution in [1.29, 1.82) is 0 Å². The van der Waals surface area contributed by atoms with Crippen LogP contribution >= 0.6 is 0 Å². The molecule has 0 amide bonds. The zero-order valence-corrected chi connectivity index (χ0v) is 13.6. The maximum atomic E-state index is 6.06. The van der Waals surface area contributed by atoms with Crippen molar-refractivity contribution in [3.8, 4) is 11.5 Å². The maximum Gasteiger partial charge on any atom is 0.142 e. The smallest absolute Gasteiger partial charge is 0.142 e. The number of ether oxygens (including phenoxy) is 2. The third kappa shape index (κ3) is 4.69. The van der Waals surface area contributed by atoms with Gasteiger partial charge in [0.2, 0.25) is 0 Å². The summed E-state index contributed by atoms with van der Waals surface area (Å²) in [5, 5.41) is 3.43. The van der Waals surface area contributed by atoms with E-state index in [1.165, 1.54) is 5.56 Å². The molecule has 0 aliphatic carbocycles. The largest absolute Gasteiger partial charge is 0.492 e. The van der Waals surface area contributed by atoms with Crippen molar-refractivity contribution in [3.63, 3.8) is 0 Å². The Morgan fingerprint density at radius 2 is 1.86 bits per heavy atom. The topological polar surface area (TPSA) is 30.5 Å². The molecule has 3 heteroatoms. The van der Waals surface area contributed by atoms with Crippen LogP contribution in [-0.4, -0.2) is 19.3 Å². The van der Waals surface area contributed by atoms with Crippen LogP contribution in [0, 0.1) is 6.92 Å². The molecule has 0 aromatic heterocycles. The molecule has 0 bridgehead atoms. The van der Waals surface area contributed by atoms with E-state index < -0.39 is 0 Å². The molecule has 3 nitrogen and oxygen atoms in total. The third-order valence-corrected chi connectivity index (χ3v) is 3.45. The summed E-state index contributed by atoms with van der Waals surface area (Å²) in [7, 11) is 0. The molecular formula is C19H25NO2. The van der Waals surface area contributed by atoms with Crippen molar-refractivity contribution in [2.24, 2.45) is 0 Å². The summed E-state index contributed by atoms with van der Waals surface area (Å²) in [4.78, 5) is 0. The molecule has 0 spiro atoms. The summed E-state index contributed by atoms with van der Waals surface area (Å²) in [5.41, 5.74) is 2.22. The average molecular weight is 299 g/mol.